The Bertz CT molecular complexity index is 312. The molecule has 1 aromatic rings. The number of hydrogen-bond donors (Lipinski definition) is 1. The van der Waals surface area contributed by atoms with Crippen LogP contribution in [0.2, 0.25) is 5.02 Å². The van der Waals surface area contributed by atoms with Crippen molar-refractivity contribution in [3.8, 4) is 5.75 Å². The summed E-state index contributed by atoms with van der Waals surface area (Å²) in [7, 11) is 1.48. The number of carbonyl (C=O) groups excluding carboxylic acids is 1. The van der Waals surface area contributed by atoms with Gasteiger partial charge in [0.1, 0.15) is 5.75 Å². The predicted molar refractivity (Wildman–Crippen MR) is 47.8 cm³/mol. The summed E-state index contributed by atoms with van der Waals surface area (Å²) < 4.78 is 4.90. The summed E-state index contributed by atoms with van der Waals surface area (Å²) in [5.41, 5.74) is 6.23. The van der Waals surface area contributed by atoms with Crippen LogP contribution in [-0.2, 0) is 0 Å². The van der Waals surface area contributed by atoms with Crippen LogP contribution < -0.4 is 10.5 Å². The average Bonchev–Trinajstić information content (AvgIpc) is 2.05. The maximum Gasteiger partial charge on any atom is 0.152 e. The van der Waals surface area contributed by atoms with E-state index in [4.69, 9.17) is 22.1 Å². The van der Waals surface area contributed by atoms with E-state index in [1.165, 1.54) is 19.2 Å². The fourth-order valence-corrected chi connectivity index (χ4v) is 1.09. The molecular formula is C8H8ClNO2. The van der Waals surface area contributed by atoms with Crippen LogP contribution in [0.5, 0.6) is 5.75 Å². The topological polar surface area (TPSA) is 52.3 Å². The van der Waals surface area contributed by atoms with E-state index >= 15 is 0 Å². The fraction of sp³-hybridized carbons (Fsp3) is 0.125. The molecule has 1 rings (SSSR count). The second-order valence-electron chi connectivity index (χ2n) is 2.23. The van der Waals surface area contributed by atoms with Gasteiger partial charge >= 0.3 is 0 Å². The number of nitrogen functional groups attached to an aromatic ring is 1. The first-order valence-corrected chi connectivity index (χ1v) is 3.65. The first-order valence-electron chi connectivity index (χ1n) is 3.27. The van der Waals surface area contributed by atoms with Crippen LogP contribution in [0, 0.1) is 0 Å². The van der Waals surface area contributed by atoms with Gasteiger partial charge in [-0.15, -0.1) is 0 Å². The number of aldehydes is 1. The first-order chi connectivity index (χ1) is 5.69. The standard InChI is InChI=1S/C8H8ClNO2/c1-12-8-2-5(4-11)7(10)3-6(8)9/h2-4H,10H2,1H3. The molecule has 4 heteroatoms. The molecule has 2 N–H and O–H groups in total. The van der Waals surface area contributed by atoms with Gasteiger partial charge in [-0.05, 0) is 12.1 Å². The molecule has 0 aliphatic carbocycles. The maximum atomic E-state index is 10.4. The smallest absolute Gasteiger partial charge is 0.152 e. The lowest BCUT2D eigenvalue weighted by atomic mass is 10.2. The Kier molecular flexibility index (Phi) is 2.55. The largest absolute Gasteiger partial charge is 0.495 e. The van der Waals surface area contributed by atoms with Crippen LogP contribution in [0.25, 0.3) is 0 Å². The molecule has 12 heavy (non-hydrogen) atoms. The number of methoxy groups -OCH3 is 1. The Labute approximate surface area is 75.1 Å². The molecule has 0 saturated carbocycles. The zero-order valence-corrected chi connectivity index (χ0v) is 7.26. The Balaban J connectivity index is 3.26. The summed E-state index contributed by atoms with van der Waals surface area (Å²) in [6.07, 6.45) is 0.661. The van der Waals surface area contributed by atoms with Crippen LogP contribution >= 0.6 is 11.6 Å². The molecular weight excluding hydrogens is 178 g/mol. The van der Waals surface area contributed by atoms with Crippen molar-refractivity contribution in [2.45, 2.75) is 0 Å². The number of carbonyl (C=O) groups is 1. The number of anilines is 1. The van der Waals surface area contributed by atoms with E-state index in [2.05, 4.69) is 0 Å². The van der Waals surface area contributed by atoms with Gasteiger partial charge in [0.2, 0.25) is 0 Å². The van der Waals surface area contributed by atoms with Gasteiger partial charge in [0.05, 0.1) is 12.1 Å². The molecule has 3 nitrogen and oxygen atoms in total. The molecule has 0 unspecified atom stereocenters. The van der Waals surface area contributed by atoms with E-state index < -0.39 is 0 Å². The highest BCUT2D eigenvalue weighted by Crippen LogP contribution is 2.28. The molecule has 1 aromatic carbocycles. The van der Waals surface area contributed by atoms with Gasteiger partial charge in [0.25, 0.3) is 0 Å². The fourth-order valence-electron chi connectivity index (χ4n) is 0.843. The van der Waals surface area contributed by atoms with Crippen LogP contribution in [0.4, 0.5) is 5.69 Å². The van der Waals surface area contributed by atoms with Crippen LogP contribution in [0.3, 0.4) is 0 Å². The van der Waals surface area contributed by atoms with E-state index in [1.807, 2.05) is 0 Å². The van der Waals surface area contributed by atoms with Gasteiger partial charge in [0, 0.05) is 11.3 Å². The molecule has 0 aliphatic heterocycles. The van der Waals surface area contributed by atoms with Crippen molar-refractivity contribution in [1.29, 1.82) is 0 Å². The van der Waals surface area contributed by atoms with Gasteiger partial charge in [-0.25, -0.2) is 0 Å². The Morgan fingerprint density at radius 3 is 2.75 bits per heavy atom. The average molecular weight is 186 g/mol. The first kappa shape index (κ1) is 8.87. The van der Waals surface area contributed by atoms with Crippen molar-refractivity contribution in [1.82, 2.24) is 0 Å². The third kappa shape index (κ3) is 1.51. The normalized spacial score (nSPS) is 9.50. The molecule has 0 fully saturated rings. The summed E-state index contributed by atoms with van der Waals surface area (Å²) in [6, 6.07) is 2.99. The number of halogens is 1. The molecule has 0 aliphatic rings. The number of nitrogens with two attached hydrogens (primary N) is 1. The third-order valence-corrected chi connectivity index (χ3v) is 1.78. The molecule has 64 valence electrons. The SMILES string of the molecule is COc1cc(C=O)c(N)cc1Cl. The van der Waals surface area contributed by atoms with Crippen molar-refractivity contribution >= 4 is 23.6 Å². The monoisotopic (exact) mass is 185 g/mol. The van der Waals surface area contributed by atoms with Gasteiger partial charge in [0.15, 0.2) is 6.29 Å². The van der Waals surface area contributed by atoms with E-state index in [0.29, 0.717) is 28.3 Å². The van der Waals surface area contributed by atoms with Crippen molar-refractivity contribution < 1.29 is 9.53 Å². The lowest BCUT2D eigenvalue weighted by Gasteiger charge is -2.05. The highest BCUT2D eigenvalue weighted by Gasteiger charge is 2.05. The minimum Gasteiger partial charge on any atom is -0.495 e. The van der Waals surface area contributed by atoms with Gasteiger partial charge in [-0.2, -0.15) is 0 Å². The van der Waals surface area contributed by atoms with E-state index in [9.17, 15) is 4.79 Å². The lowest BCUT2D eigenvalue weighted by Crippen LogP contribution is -1.94. The zero-order valence-electron chi connectivity index (χ0n) is 6.50. The molecule has 0 amide bonds. The minimum atomic E-state index is 0.357. The summed E-state index contributed by atoms with van der Waals surface area (Å²) in [4.78, 5) is 10.4. The second-order valence-corrected chi connectivity index (χ2v) is 2.64. The second kappa shape index (κ2) is 3.45. The van der Waals surface area contributed by atoms with Crippen molar-refractivity contribution in [2.75, 3.05) is 12.8 Å². The zero-order chi connectivity index (χ0) is 9.14. The minimum absolute atomic E-state index is 0.357. The third-order valence-electron chi connectivity index (χ3n) is 1.48. The maximum absolute atomic E-state index is 10.4. The summed E-state index contributed by atoms with van der Waals surface area (Å²) in [5, 5.41) is 0.403. The molecule has 0 aromatic heterocycles. The summed E-state index contributed by atoms with van der Waals surface area (Å²) >= 11 is 5.74. The Hall–Kier alpha value is -1.22. The molecule has 0 saturated heterocycles. The molecule has 0 heterocycles. The Morgan fingerprint density at radius 1 is 1.58 bits per heavy atom. The summed E-state index contributed by atoms with van der Waals surface area (Å²) in [6.45, 7) is 0. The van der Waals surface area contributed by atoms with Crippen molar-refractivity contribution in [3.05, 3.63) is 22.7 Å². The van der Waals surface area contributed by atoms with Crippen LogP contribution in [0.15, 0.2) is 12.1 Å². The molecule has 0 radical (unpaired) electrons. The number of hydrogen-bond acceptors (Lipinski definition) is 3. The van der Waals surface area contributed by atoms with Crippen LogP contribution in [0.1, 0.15) is 10.4 Å². The van der Waals surface area contributed by atoms with E-state index in [-0.39, 0.29) is 0 Å². The highest BCUT2D eigenvalue weighted by atomic mass is 35.5. The quantitative estimate of drug-likeness (QED) is 0.564. The van der Waals surface area contributed by atoms with Gasteiger partial charge < -0.3 is 10.5 Å². The Morgan fingerprint density at radius 2 is 2.25 bits per heavy atom. The highest BCUT2D eigenvalue weighted by molar-refractivity contribution is 6.32. The van der Waals surface area contributed by atoms with E-state index in [0.717, 1.165) is 0 Å². The summed E-state index contributed by atoms with van der Waals surface area (Å²) in [5.74, 6) is 0.452. The van der Waals surface area contributed by atoms with Crippen molar-refractivity contribution in [3.63, 3.8) is 0 Å². The van der Waals surface area contributed by atoms with Gasteiger partial charge in [-0.3, -0.25) is 4.79 Å². The molecule has 0 bridgehead atoms. The molecule has 0 atom stereocenters. The number of benzene rings is 1. The lowest BCUT2D eigenvalue weighted by molar-refractivity contribution is 0.112. The van der Waals surface area contributed by atoms with Gasteiger partial charge in [-0.1, -0.05) is 11.6 Å². The van der Waals surface area contributed by atoms with E-state index in [1.54, 1.807) is 0 Å². The predicted octanol–water partition coefficient (Wildman–Crippen LogP) is 1.74. The van der Waals surface area contributed by atoms with Crippen molar-refractivity contribution in [2.24, 2.45) is 0 Å². The van der Waals surface area contributed by atoms with Crippen LogP contribution in [-0.4, -0.2) is 13.4 Å². The molecule has 0 spiro atoms. The number of ether oxygens (including phenoxy) is 1. The number of rotatable bonds is 2.